The van der Waals surface area contributed by atoms with Crippen molar-refractivity contribution < 1.29 is 4.79 Å². The van der Waals surface area contributed by atoms with Gasteiger partial charge in [0.05, 0.1) is 0 Å². The van der Waals surface area contributed by atoms with E-state index in [0.29, 0.717) is 24.0 Å². The first-order chi connectivity index (χ1) is 13.2. The Hall–Kier alpha value is -2.99. The number of nitrogens with one attached hydrogen (secondary N) is 2. The van der Waals surface area contributed by atoms with Gasteiger partial charge in [-0.1, -0.05) is 48.5 Å². The molecular weight excluding hydrogens is 362 g/mol. The van der Waals surface area contributed by atoms with E-state index in [0.717, 1.165) is 24.7 Å². The number of hydrogen-bond donors (Lipinski definition) is 2. The van der Waals surface area contributed by atoms with E-state index in [9.17, 15) is 4.79 Å². The van der Waals surface area contributed by atoms with Crippen LogP contribution in [0.1, 0.15) is 27.0 Å². The number of aromatic nitrogens is 3. The topological polar surface area (TPSA) is 79.8 Å². The van der Waals surface area contributed by atoms with Gasteiger partial charge in [0.1, 0.15) is 6.29 Å². The van der Waals surface area contributed by atoms with Crippen LogP contribution in [0.2, 0.25) is 5.28 Å². The second kappa shape index (κ2) is 7.72. The maximum Gasteiger partial charge on any atom is 0.229 e. The molecule has 0 radical (unpaired) electrons. The smallest absolute Gasteiger partial charge is 0.229 e. The zero-order chi connectivity index (χ0) is 18.6. The number of carbonyl (C=O) groups excluding carboxylic acids is 1. The summed E-state index contributed by atoms with van der Waals surface area (Å²) >= 11 is 6.06. The molecule has 0 spiro atoms. The molecule has 0 fully saturated rings. The van der Waals surface area contributed by atoms with Gasteiger partial charge in [0, 0.05) is 18.2 Å². The molecule has 6 nitrogen and oxygen atoms in total. The zero-order valence-corrected chi connectivity index (χ0v) is 15.3. The Kier molecular flexibility index (Phi) is 4.98. The molecule has 7 heteroatoms. The van der Waals surface area contributed by atoms with Gasteiger partial charge >= 0.3 is 0 Å². The van der Waals surface area contributed by atoms with Gasteiger partial charge in [-0.05, 0) is 41.1 Å². The van der Waals surface area contributed by atoms with Crippen LogP contribution in [-0.2, 0) is 19.4 Å². The number of halogens is 1. The fraction of sp³-hybridized carbons (Fsp3) is 0.200. The van der Waals surface area contributed by atoms with Crippen molar-refractivity contribution in [3.63, 3.8) is 0 Å². The number of anilines is 2. The van der Waals surface area contributed by atoms with E-state index in [1.807, 2.05) is 12.1 Å². The lowest BCUT2D eigenvalue weighted by atomic mass is 10.1. The number of carbonyl (C=O) groups is 1. The first kappa shape index (κ1) is 17.4. The van der Waals surface area contributed by atoms with E-state index < -0.39 is 0 Å². The van der Waals surface area contributed by atoms with E-state index in [1.165, 1.54) is 11.1 Å². The molecule has 0 bridgehead atoms. The van der Waals surface area contributed by atoms with Gasteiger partial charge in [0.2, 0.25) is 17.2 Å². The van der Waals surface area contributed by atoms with Crippen molar-refractivity contribution in [1.29, 1.82) is 0 Å². The van der Waals surface area contributed by atoms with Gasteiger partial charge in [-0.3, -0.25) is 4.79 Å². The second-order valence-corrected chi connectivity index (χ2v) is 6.82. The van der Waals surface area contributed by atoms with E-state index in [2.05, 4.69) is 49.9 Å². The lowest BCUT2D eigenvalue weighted by Crippen LogP contribution is -2.21. The molecule has 1 aromatic heterocycles. The van der Waals surface area contributed by atoms with Crippen molar-refractivity contribution in [2.75, 3.05) is 10.6 Å². The number of rotatable bonds is 6. The third-order valence-electron chi connectivity index (χ3n) is 4.56. The van der Waals surface area contributed by atoms with Crippen molar-refractivity contribution in [2.45, 2.75) is 25.4 Å². The van der Waals surface area contributed by atoms with Gasteiger partial charge < -0.3 is 10.6 Å². The number of nitrogens with zero attached hydrogens (tertiary/aromatic N) is 3. The molecule has 1 aliphatic carbocycles. The molecule has 136 valence electrons. The molecule has 1 heterocycles. The Morgan fingerprint density at radius 2 is 1.63 bits per heavy atom. The summed E-state index contributed by atoms with van der Waals surface area (Å²) < 4.78 is 0. The average molecular weight is 380 g/mol. The summed E-state index contributed by atoms with van der Waals surface area (Å²) in [5, 5.41) is 6.64. The normalized spacial score (nSPS) is 13.2. The minimum absolute atomic E-state index is 0.141. The van der Waals surface area contributed by atoms with Gasteiger partial charge in [-0.15, -0.1) is 0 Å². The van der Waals surface area contributed by atoms with E-state index in [-0.39, 0.29) is 11.3 Å². The standard InChI is InChI=1S/C20H18ClN5O/c21-18-24-19(22-11-13-5-7-14(12-27)8-6-13)26-20(25-18)23-17-9-15-3-1-2-4-16(15)10-17/h1-8,12,17H,9-11H2,(H2,22,23,24,25,26). The summed E-state index contributed by atoms with van der Waals surface area (Å²) in [4.78, 5) is 23.5. The van der Waals surface area contributed by atoms with Crippen LogP contribution in [-0.4, -0.2) is 27.3 Å². The SMILES string of the molecule is O=Cc1ccc(CNc2nc(Cl)nc(NC3Cc4ccccc4C3)n2)cc1. The fourth-order valence-electron chi connectivity index (χ4n) is 3.23. The number of benzene rings is 2. The van der Waals surface area contributed by atoms with Crippen molar-refractivity contribution in [2.24, 2.45) is 0 Å². The van der Waals surface area contributed by atoms with Gasteiger partial charge in [-0.2, -0.15) is 15.0 Å². The van der Waals surface area contributed by atoms with Crippen LogP contribution < -0.4 is 10.6 Å². The molecule has 0 saturated heterocycles. The first-order valence-corrected chi connectivity index (χ1v) is 9.10. The van der Waals surface area contributed by atoms with Crippen molar-refractivity contribution >= 4 is 29.8 Å². The van der Waals surface area contributed by atoms with E-state index in [4.69, 9.17) is 11.6 Å². The summed E-state index contributed by atoms with van der Waals surface area (Å²) in [6.45, 7) is 0.522. The van der Waals surface area contributed by atoms with Crippen LogP contribution in [0, 0.1) is 0 Å². The molecule has 2 N–H and O–H groups in total. The Morgan fingerprint density at radius 1 is 0.963 bits per heavy atom. The number of hydrogen-bond acceptors (Lipinski definition) is 6. The van der Waals surface area contributed by atoms with Gasteiger partial charge in [0.15, 0.2) is 0 Å². The van der Waals surface area contributed by atoms with Crippen molar-refractivity contribution in [3.05, 3.63) is 76.1 Å². The maximum absolute atomic E-state index is 10.7. The minimum atomic E-state index is 0.141. The van der Waals surface area contributed by atoms with Crippen LogP contribution in [0.4, 0.5) is 11.9 Å². The van der Waals surface area contributed by atoms with E-state index >= 15 is 0 Å². The molecule has 3 aromatic rings. The molecular formula is C20H18ClN5O. The lowest BCUT2D eigenvalue weighted by molar-refractivity contribution is 0.112. The summed E-state index contributed by atoms with van der Waals surface area (Å²) in [7, 11) is 0. The highest BCUT2D eigenvalue weighted by Gasteiger charge is 2.21. The predicted octanol–water partition coefficient (Wildman–Crippen LogP) is 3.53. The monoisotopic (exact) mass is 379 g/mol. The largest absolute Gasteiger partial charge is 0.351 e. The molecule has 0 unspecified atom stereocenters. The second-order valence-electron chi connectivity index (χ2n) is 6.48. The van der Waals surface area contributed by atoms with Crippen LogP contribution in [0.25, 0.3) is 0 Å². The highest BCUT2D eigenvalue weighted by Crippen LogP contribution is 2.24. The van der Waals surface area contributed by atoms with Gasteiger partial charge in [-0.25, -0.2) is 0 Å². The average Bonchev–Trinajstić information content (AvgIpc) is 3.08. The summed E-state index contributed by atoms with van der Waals surface area (Å²) in [6, 6.07) is 16.0. The molecule has 1 aliphatic rings. The molecule has 4 rings (SSSR count). The molecule has 2 aromatic carbocycles. The number of fused-ring (bicyclic) bond motifs is 1. The third-order valence-corrected chi connectivity index (χ3v) is 4.73. The molecule has 0 aliphatic heterocycles. The van der Waals surface area contributed by atoms with Crippen LogP contribution >= 0.6 is 11.6 Å². The zero-order valence-electron chi connectivity index (χ0n) is 14.5. The molecule has 0 atom stereocenters. The van der Waals surface area contributed by atoms with Crippen LogP contribution in [0.3, 0.4) is 0 Å². The Morgan fingerprint density at radius 3 is 2.30 bits per heavy atom. The van der Waals surface area contributed by atoms with E-state index in [1.54, 1.807) is 12.1 Å². The first-order valence-electron chi connectivity index (χ1n) is 8.72. The maximum atomic E-state index is 10.7. The lowest BCUT2D eigenvalue weighted by Gasteiger charge is -2.13. The Balaban J connectivity index is 1.41. The molecule has 0 saturated carbocycles. The minimum Gasteiger partial charge on any atom is -0.351 e. The van der Waals surface area contributed by atoms with Crippen molar-refractivity contribution in [1.82, 2.24) is 15.0 Å². The highest BCUT2D eigenvalue weighted by atomic mass is 35.5. The molecule has 0 amide bonds. The predicted molar refractivity (Wildman–Crippen MR) is 105 cm³/mol. The number of aldehydes is 1. The van der Waals surface area contributed by atoms with Crippen molar-refractivity contribution in [3.8, 4) is 0 Å². The van der Waals surface area contributed by atoms with Crippen LogP contribution in [0.5, 0.6) is 0 Å². The quantitative estimate of drug-likeness (QED) is 0.638. The van der Waals surface area contributed by atoms with Gasteiger partial charge in [0.25, 0.3) is 0 Å². The summed E-state index contributed by atoms with van der Waals surface area (Å²) in [5.41, 5.74) is 4.36. The fourth-order valence-corrected chi connectivity index (χ4v) is 3.39. The summed E-state index contributed by atoms with van der Waals surface area (Å²) in [5.74, 6) is 0.874. The van der Waals surface area contributed by atoms with Crippen LogP contribution in [0.15, 0.2) is 48.5 Å². The Labute approximate surface area is 162 Å². The highest BCUT2D eigenvalue weighted by molar-refractivity contribution is 6.28. The summed E-state index contributed by atoms with van der Waals surface area (Å²) in [6.07, 6.45) is 2.69. The third kappa shape index (κ3) is 4.23. The Bertz CT molecular complexity index is 936. The molecule has 27 heavy (non-hydrogen) atoms.